The van der Waals surface area contributed by atoms with Gasteiger partial charge in [0.2, 0.25) is 0 Å². The van der Waals surface area contributed by atoms with Gasteiger partial charge in [0.1, 0.15) is 23.7 Å². The number of fused-ring (bicyclic) bond motifs is 1. The van der Waals surface area contributed by atoms with Crippen molar-refractivity contribution >= 4 is 11.8 Å². The van der Waals surface area contributed by atoms with E-state index in [0.717, 1.165) is 5.03 Å². The average Bonchev–Trinajstić information content (AvgIpc) is 2.85. The molecule has 1 N–H and O–H groups in total. The van der Waals surface area contributed by atoms with Crippen molar-refractivity contribution in [1.82, 2.24) is 4.98 Å². The first-order valence-corrected chi connectivity index (χ1v) is 7.17. The number of nitrogens with zero attached hydrogens (tertiary/aromatic N) is 1. The topological polar surface area (TPSA) is 60.8 Å². The number of hydrogen-bond acceptors (Lipinski definition) is 6. The Morgan fingerprint density at radius 2 is 2.11 bits per heavy atom. The van der Waals surface area contributed by atoms with Crippen LogP contribution in [0.15, 0.2) is 29.4 Å². The maximum absolute atomic E-state index is 9.38. The Labute approximate surface area is 116 Å². The number of aliphatic hydroxyl groups excluding tert-OH is 1. The Balaban J connectivity index is 1.76. The van der Waals surface area contributed by atoms with E-state index in [1.807, 2.05) is 32.0 Å². The summed E-state index contributed by atoms with van der Waals surface area (Å²) in [6, 6.07) is 5.73. The number of pyridine rings is 1. The minimum absolute atomic E-state index is 0.0696. The molecular formula is C13H17NO4S. The van der Waals surface area contributed by atoms with Crippen molar-refractivity contribution in [3.05, 3.63) is 24.4 Å². The quantitative estimate of drug-likeness (QED) is 0.905. The molecule has 3 rings (SSSR count). The molecule has 4 atom stereocenters. The number of ether oxygens (including phenoxy) is 3. The fraction of sp³-hybridized carbons (Fsp3) is 0.615. The summed E-state index contributed by atoms with van der Waals surface area (Å²) in [7, 11) is 0. The number of aromatic nitrogens is 1. The predicted octanol–water partition coefficient (Wildman–Crippen LogP) is 1.41. The molecule has 0 bridgehead atoms. The van der Waals surface area contributed by atoms with Crippen molar-refractivity contribution in [3.8, 4) is 0 Å². The van der Waals surface area contributed by atoms with Gasteiger partial charge in [0, 0.05) is 6.20 Å². The molecule has 2 saturated heterocycles. The van der Waals surface area contributed by atoms with Gasteiger partial charge in [-0.05, 0) is 26.0 Å². The van der Waals surface area contributed by atoms with Gasteiger partial charge in [0.25, 0.3) is 0 Å². The van der Waals surface area contributed by atoms with Crippen molar-refractivity contribution in [1.29, 1.82) is 0 Å². The zero-order chi connectivity index (χ0) is 13.5. The molecule has 0 aliphatic carbocycles. The summed E-state index contributed by atoms with van der Waals surface area (Å²) in [5.74, 6) is -0.630. The monoisotopic (exact) mass is 283 g/mol. The number of thioether (sulfide) groups is 1. The summed E-state index contributed by atoms with van der Waals surface area (Å²) in [6.45, 7) is 3.68. The fourth-order valence-corrected chi connectivity index (χ4v) is 3.48. The van der Waals surface area contributed by atoms with Gasteiger partial charge in [-0.1, -0.05) is 17.8 Å². The zero-order valence-electron chi connectivity index (χ0n) is 10.9. The second-order valence-corrected chi connectivity index (χ2v) is 6.19. The minimum atomic E-state index is -0.630. The Morgan fingerprint density at radius 1 is 1.32 bits per heavy atom. The smallest absolute Gasteiger partial charge is 0.164 e. The van der Waals surface area contributed by atoms with E-state index in [4.69, 9.17) is 14.2 Å². The molecule has 19 heavy (non-hydrogen) atoms. The van der Waals surface area contributed by atoms with Gasteiger partial charge < -0.3 is 19.3 Å². The van der Waals surface area contributed by atoms with Crippen LogP contribution in [0.3, 0.4) is 0 Å². The van der Waals surface area contributed by atoms with Gasteiger partial charge in [-0.3, -0.25) is 0 Å². The van der Waals surface area contributed by atoms with Crippen LogP contribution < -0.4 is 0 Å². The summed E-state index contributed by atoms with van der Waals surface area (Å²) >= 11 is 1.50. The van der Waals surface area contributed by atoms with Crippen LogP contribution >= 0.6 is 11.8 Å². The predicted molar refractivity (Wildman–Crippen MR) is 69.7 cm³/mol. The average molecular weight is 283 g/mol. The number of aliphatic hydroxyl groups is 1. The van der Waals surface area contributed by atoms with E-state index >= 15 is 0 Å². The first-order valence-electron chi connectivity index (χ1n) is 6.29. The van der Waals surface area contributed by atoms with Crippen LogP contribution in [-0.4, -0.2) is 46.2 Å². The molecule has 1 aromatic rings. The third-order valence-corrected chi connectivity index (χ3v) is 4.26. The van der Waals surface area contributed by atoms with Crippen LogP contribution in [0.25, 0.3) is 0 Å². The molecule has 0 spiro atoms. The van der Waals surface area contributed by atoms with Crippen LogP contribution in [0, 0.1) is 0 Å². The molecule has 5 nitrogen and oxygen atoms in total. The molecule has 0 saturated carbocycles. The molecule has 4 unspecified atom stereocenters. The van der Waals surface area contributed by atoms with Crippen molar-refractivity contribution < 1.29 is 19.3 Å². The van der Waals surface area contributed by atoms with Crippen LogP contribution in [0.2, 0.25) is 0 Å². The molecular weight excluding hydrogens is 266 g/mol. The third kappa shape index (κ3) is 2.64. The van der Waals surface area contributed by atoms with Crippen molar-refractivity contribution in [3.63, 3.8) is 0 Å². The third-order valence-electron chi connectivity index (χ3n) is 3.16. The van der Waals surface area contributed by atoms with E-state index in [1.54, 1.807) is 6.20 Å². The molecule has 3 heterocycles. The lowest BCUT2D eigenvalue weighted by Gasteiger charge is -2.23. The van der Waals surface area contributed by atoms with E-state index in [1.165, 1.54) is 11.8 Å². The summed E-state index contributed by atoms with van der Waals surface area (Å²) in [4.78, 5) is 4.27. The summed E-state index contributed by atoms with van der Waals surface area (Å²) in [6.07, 6.45) is 1.00. The Kier molecular flexibility index (Phi) is 3.53. The van der Waals surface area contributed by atoms with Gasteiger partial charge in [-0.25, -0.2) is 4.98 Å². The minimum Gasteiger partial charge on any atom is -0.394 e. The zero-order valence-corrected chi connectivity index (χ0v) is 11.7. The van der Waals surface area contributed by atoms with Gasteiger partial charge >= 0.3 is 0 Å². The second kappa shape index (κ2) is 5.03. The molecule has 0 aromatic carbocycles. The highest BCUT2D eigenvalue weighted by atomic mass is 32.2. The lowest BCUT2D eigenvalue weighted by atomic mass is 10.2. The van der Waals surface area contributed by atoms with Crippen molar-refractivity contribution in [2.45, 2.75) is 48.4 Å². The second-order valence-electron chi connectivity index (χ2n) is 5.08. The summed E-state index contributed by atoms with van der Waals surface area (Å²) < 4.78 is 17.5. The summed E-state index contributed by atoms with van der Waals surface area (Å²) in [5, 5.41) is 10.3. The maximum atomic E-state index is 9.38. The fourth-order valence-electron chi connectivity index (χ4n) is 2.42. The van der Waals surface area contributed by atoms with Crippen molar-refractivity contribution in [2.75, 3.05) is 6.61 Å². The van der Waals surface area contributed by atoms with Crippen LogP contribution in [0.4, 0.5) is 0 Å². The van der Waals surface area contributed by atoms with E-state index in [2.05, 4.69) is 4.98 Å². The maximum Gasteiger partial charge on any atom is 0.164 e. The standard InChI is InChI=1S/C13H17NO4S/c1-13(2)17-10-8(7-15)16-12(11(10)18-13)19-9-5-3-4-6-14-9/h3-6,8,10-12,15H,7H2,1-2H3. The molecule has 2 aliphatic rings. The van der Waals surface area contributed by atoms with E-state index < -0.39 is 5.79 Å². The first-order chi connectivity index (χ1) is 9.09. The van der Waals surface area contributed by atoms with E-state index in [9.17, 15) is 5.11 Å². The van der Waals surface area contributed by atoms with Gasteiger partial charge in [0.05, 0.1) is 11.6 Å². The molecule has 0 radical (unpaired) electrons. The number of hydrogen-bond donors (Lipinski definition) is 1. The highest BCUT2D eigenvalue weighted by Crippen LogP contribution is 2.43. The number of rotatable bonds is 3. The normalized spacial score (nSPS) is 36.4. The van der Waals surface area contributed by atoms with Gasteiger partial charge in [0.15, 0.2) is 5.79 Å². The SMILES string of the molecule is CC1(C)OC2C(CO)OC(Sc3ccccn3)C2O1. The first kappa shape index (κ1) is 13.3. The Hall–Kier alpha value is -0.660. The molecule has 2 aliphatic heterocycles. The lowest BCUT2D eigenvalue weighted by Crippen LogP contribution is -2.31. The Morgan fingerprint density at radius 3 is 2.79 bits per heavy atom. The Bertz CT molecular complexity index is 442. The molecule has 1 aromatic heterocycles. The van der Waals surface area contributed by atoms with Crippen molar-refractivity contribution in [2.24, 2.45) is 0 Å². The van der Waals surface area contributed by atoms with E-state index in [-0.39, 0.29) is 30.4 Å². The highest BCUT2D eigenvalue weighted by molar-refractivity contribution is 7.99. The highest BCUT2D eigenvalue weighted by Gasteiger charge is 2.55. The van der Waals surface area contributed by atoms with Crippen LogP contribution in [-0.2, 0) is 14.2 Å². The van der Waals surface area contributed by atoms with E-state index in [0.29, 0.717) is 0 Å². The summed E-state index contributed by atoms with van der Waals surface area (Å²) in [5.41, 5.74) is -0.209. The lowest BCUT2D eigenvalue weighted by molar-refractivity contribution is -0.181. The largest absolute Gasteiger partial charge is 0.394 e. The molecule has 0 amide bonds. The van der Waals surface area contributed by atoms with Crippen LogP contribution in [0.1, 0.15) is 13.8 Å². The van der Waals surface area contributed by atoms with Crippen LogP contribution in [0.5, 0.6) is 0 Å². The molecule has 104 valence electrons. The van der Waals surface area contributed by atoms with Gasteiger partial charge in [-0.15, -0.1) is 0 Å². The van der Waals surface area contributed by atoms with Gasteiger partial charge in [-0.2, -0.15) is 0 Å². The molecule has 6 heteroatoms. The molecule has 2 fully saturated rings.